The Balaban J connectivity index is 1.85. The van der Waals surface area contributed by atoms with E-state index >= 15 is 0 Å². The first-order valence-corrected chi connectivity index (χ1v) is 9.74. The lowest BCUT2D eigenvalue weighted by Gasteiger charge is -2.44. The number of hydrogen-bond donors (Lipinski definition) is 0. The largest absolute Gasteiger partial charge is 0.343 e. The minimum atomic E-state index is -0.912. The molecule has 0 bridgehead atoms. The van der Waals surface area contributed by atoms with E-state index in [0.717, 1.165) is 0 Å². The molecule has 1 heterocycles. The number of halogens is 2. The van der Waals surface area contributed by atoms with Crippen LogP contribution < -0.4 is 0 Å². The molecular weight excluding hydrogens is 385 g/mol. The Morgan fingerprint density at radius 3 is 2.07 bits per heavy atom. The first-order chi connectivity index (χ1) is 12.8. The van der Waals surface area contributed by atoms with Crippen LogP contribution in [-0.4, -0.2) is 35.5 Å². The van der Waals surface area contributed by atoms with Crippen molar-refractivity contribution in [2.45, 2.75) is 45.4 Å². The highest BCUT2D eigenvalue weighted by molar-refractivity contribution is 6.37. The van der Waals surface area contributed by atoms with E-state index < -0.39 is 5.92 Å². The van der Waals surface area contributed by atoms with Crippen LogP contribution >= 0.6 is 23.2 Å². The highest BCUT2D eigenvalue weighted by atomic mass is 35.5. The maximum Gasteiger partial charge on any atom is 0.219 e. The number of carbonyl (C=O) groups excluding carboxylic acids is 3. The molecule has 2 aliphatic rings. The van der Waals surface area contributed by atoms with Crippen molar-refractivity contribution in [1.82, 2.24) is 4.90 Å². The van der Waals surface area contributed by atoms with Crippen LogP contribution in [0.15, 0.2) is 12.1 Å². The molecule has 0 radical (unpaired) electrons. The van der Waals surface area contributed by atoms with Crippen molar-refractivity contribution in [3.8, 4) is 11.8 Å². The molecule has 0 unspecified atom stereocenters. The summed E-state index contributed by atoms with van der Waals surface area (Å²) < 4.78 is 0. The molecule has 1 aromatic carbocycles. The number of piperidine rings is 1. The Kier molecular flexibility index (Phi) is 5.65. The van der Waals surface area contributed by atoms with E-state index in [9.17, 15) is 14.4 Å². The lowest BCUT2D eigenvalue weighted by Crippen LogP contribution is -2.47. The number of Topliss-reactive ketones (excluding diaryl/α,β-unsaturated/α-hetero) is 2. The molecule has 0 atom stereocenters. The van der Waals surface area contributed by atoms with E-state index in [-0.39, 0.29) is 22.9 Å². The highest BCUT2D eigenvalue weighted by Crippen LogP contribution is 2.47. The molecular formula is C21H21Cl2NO3. The molecule has 0 N–H and O–H groups in total. The standard InChI is InChI=1S/C21H21Cl2NO3/c1-3-4-14-9-15(22)19(16(23)10-14)20-17(26)11-21(12-18(20)27)5-7-24(8-6-21)13(2)25/h9-10,20H,5-8,11-12H2,1-2H3. The van der Waals surface area contributed by atoms with Crippen molar-refractivity contribution in [1.29, 1.82) is 0 Å². The number of rotatable bonds is 1. The number of amides is 1. The third kappa shape index (κ3) is 3.90. The zero-order valence-electron chi connectivity index (χ0n) is 15.4. The van der Waals surface area contributed by atoms with Crippen LogP contribution in [0.1, 0.15) is 56.6 Å². The molecule has 1 saturated carbocycles. The Bertz CT molecular complexity index is 830. The second-order valence-electron chi connectivity index (χ2n) is 7.45. The Morgan fingerprint density at radius 1 is 1.11 bits per heavy atom. The van der Waals surface area contributed by atoms with Gasteiger partial charge in [-0.05, 0) is 37.3 Å². The molecule has 2 fully saturated rings. The first-order valence-electron chi connectivity index (χ1n) is 8.99. The minimum absolute atomic E-state index is 0.0324. The van der Waals surface area contributed by atoms with Gasteiger partial charge >= 0.3 is 0 Å². The monoisotopic (exact) mass is 405 g/mol. The summed E-state index contributed by atoms with van der Waals surface area (Å²) in [6.45, 7) is 4.43. The predicted octanol–water partition coefficient (Wildman–Crippen LogP) is 4.01. The molecule has 4 nitrogen and oxygen atoms in total. The molecule has 6 heteroatoms. The molecule has 142 valence electrons. The second-order valence-corrected chi connectivity index (χ2v) is 8.27. The third-order valence-corrected chi connectivity index (χ3v) is 6.27. The van der Waals surface area contributed by atoms with E-state index in [1.54, 1.807) is 30.9 Å². The van der Waals surface area contributed by atoms with Gasteiger partial charge in [0.1, 0.15) is 17.5 Å². The lowest BCUT2D eigenvalue weighted by molar-refractivity contribution is -0.139. The average molecular weight is 406 g/mol. The SMILES string of the molecule is CC#Cc1cc(Cl)c(C2C(=O)CC3(CCN(C(C)=O)CC3)CC2=O)c(Cl)c1. The van der Waals surface area contributed by atoms with Crippen LogP contribution in [0, 0.1) is 17.3 Å². The molecule has 1 saturated heterocycles. The van der Waals surface area contributed by atoms with E-state index in [2.05, 4.69) is 11.8 Å². The van der Waals surface area contributed by atoms with E-state index in [4.69, 9.17) is 23.2 Å². The van der Waals surface area contributed by atoms with Gasteiger partial charge in [0.05, 0.1) is 0 Å². The van der Waals surface area contributed by atoms with Crippen LogP contribution in [0.25, 0.3) is 0 Å². The van der Waals surface area contributed by atoms with Crippen molar-refractivity contribution in [3.63, 3.8) is 0 Å². The maximum atomic E-state index is 13.0. The molecule has 1 aliphatic heterocycles. The molecule has 1 amide bonds. The summed E-state index contributed by atoms with van der Waals surface area (Å²) in [6.07, 6.45) is 1.98. The van der Waals surface area contributed by atoms with Crippen molar-refractivity contribution in [3.05, 3.63) is 33.3 Å². The van der Waals surface area contributed by atoms with Gasteiger partial charge in [-0.15, -0.1) is 5.92 Å². The fraction of sp³-hybridized carbons (Fsp3) is 0.476. The first kappa shape index (κ1) is 19.9. The van der Waals surface area contributed by atoms with Gasteiger partial charge < -0.3 is 4.90 Å². The summed E-state index contributed by atoms with van der Waals surface area (Å²) >= 11 is 12.7. The van der Waals surface area contributed by atoms with Gasteiger partial charge in [-0.25, -0.2) is 0 Å². The van der Waals surface area contributed by atoms with Gasteiger partial charge in [0.15, 0.2) is 0 Å². The fourth-order valence-electron chi connectivity index (χ4n) is 4.23. The van der Waals surface area contributed by atoms with Gasteiger partial charge in [-0.3, -0.25) is 14.4 Å². The van der Waals surface area contributed by atoms with Crippen molar-refractivity contribution in [2.75, 3.05) is 13.1 Å². The summed E-state index contributed by atoms with van der Waals surface area (Å²) in [5.41, 5.74) is 0.703. The molecule has 1 aromatic rings. The van der Waals surface area contributed by atoms with Crippen LogP contribution in [0.3, 0.4) is 0 Å². The number of hydrogen-bond acceptors (Lipinski definition) is 3. The molecule has 27 heavy (non-hydrogen) atoms. The van der Waals surface area contributed by atoms with Crippen LogP contribution in [0.5, 0.6) is 0 Å². The molecule has 1 spiro atoms. The van der Waals surface area contributed by atoms with Crippen molar-refractivity contribution < 1.29 is 14.4 Å². The van der Waals surface area contributed by atoms with Crippen molar-refractivity contribution >= 4 is 40.7 Å². The topological polar surface area (TPSA) is 54.5 Å². The Labute approximate surface area is 169 Å². The van der Waals surface area contributed by atoms with Gasteiger partial charge in [-0.1, -0.05) is 29.1 Å². The molecule has 0 aromatic heterocycles. The van der Waals surface area contributed by atoms with Crippen LogP contribution in [-0.2, 0) is 14.4 Å². The van der Waals surface area contributed by atoms with Gasteiger partial charge in [0, 0.05) is 54.0 Å². The van der Waals surface area contributed by atoms with Gasteiger partial charge in [0.25, 0.3) is 0 Å². The number of ketones is 2. The van der Waals surface area contributed by atoms with E-state index in [1.165, 1.54) is 0 Å². The van der Waals surface area contributed by atoms with E-state index in [0.29, 0.717) is 59.9 Å². The van der Waals surface area contributed by atoms with Crippen molar-refractivity contribution in [2.24, 2.45) is 5.41 Å². The van der Waals surface area contributed by atoms with Gasteiger partial charge in [-0.2, -0.15) is 0 Å². The van der Waals surface area contributed by atoms with E-state index in [1.807, 2.05) is 0 Å². The summed E-state index contributed by atoms with van der Waals surface area (Å²) in [5.74, 6) is 4.50. The summed E-state index contributed by atoms with van der Waals surface area (Å²) in [7, 11) is 0. The smallest absolute Gasteiger partial charge is 0.219 e. The Morgan fingerprint density at radius 2 is 1.63 bits per heavy atom. The third-order valence-electron chi connectivity index (χ3n) is 5.65. The summed E-state index contributed by atoms with van der Waals surface area (Å²) in [5, 5.41) is 0.601. The minimum Gasteiger partial charge on any atom is -0.343 e. The number of benzene rings is 1. The number of likely N-dealkylation sites (tertiary alicyclic amines) is 1. The normalized spacial score (nSPS) is 19.8. The van der Waals surface area contributed by atoms with Gasteiger partial charge in [0.2, 0.25) is 5.91 Å². The average Bonchev–Trinajstić information content (AvgIpc) is 2.57. The quantitative estimate of drug-likeness (QED) is 0.523. The van der Waals surface area contributed by atoms with Crippen LogP contribution in [0.4, 0.5) is 0 Å². The molecule has 3 rings (SSSR count). The zero-order valence-corrected chi connectivity index (χ0v) is 16.9. The number of nitrogens with zero attached hydrogens (tertiary/aromatic N) is 1. The zero-order chi connectivity index (χ0) is 19.8. The lowest BCUT2D eigenvalue weighted by atomic mass is 9.63. The summed E-state index contributed by atoms with van der Waals surface area (Å²) in [6, 6.07) is 3.30. The number of carbonyl (C=O) groups is 3. The fourth-order valence-corrected chi connectivity index (χ4v) is 4.94. The second kappa shape index (κ2) is 7.66. The summed E-state index contributed by atoms with van der Waals surface area (Å²) in [4.78, 5) is 39.2. The Hall–Kier alpha value is -1.83. The predicted molar refractivity (Wildman–Crippen MR) is 105 cm³/mol. The molecule has 1 aliphatic carbocycles. The maximum absolute atomic E-state index is 13.0. The highest BCUT2D eigenvalue weighted by Gasteiger charge is 2.47. The van der Waals surface area contributed by atoms with Crippen LogP contribution in [0.2, 0.25) is 10.0 Å².